The van der Waals surface area contributed by atoms with Crippen LogP contribution >= 0.6 is 0 Å². The van der Waals surface area contributed by atoms with Crippen LogP contribution in [-0.2, 0) is 13.6 Å². The van der Waals surface area contributed by atoms with Gasteiger partial charge in [0.1, 0.15) is 5.82 Å². The Morgan fingerprint density at radius 2 is 2.06 bits per heavy atom. The van der Waals surface area contributed by atoms with E-state index >= 15 is 0 Å². The van der Waals surface area contributed by atoms with Gasteiger partial charge in [-0.25, -0.2) is 4.98 Å². The van der Waals surface area contributed by atoms with Crippen LogP contribution in [0.15, 0.2) is 18.2 Å². The summed E-state index contributed by atoms with van der Waals surface area (Å²) < 4.78 is 2.15. The second-order valence-electron chi connectivity index (χ2n) is 4.61. The number of nitrogen functional groups attached to an aromatic ring is 1. The minimum Gasteiger partial charge on any atom is -0.397 e. The molecule has 0 saturated heterocycles. The lowest BCUT2D eigenvalue weighted by molar-refractivity contribution is 0.762. The standard InChI is InChI=1S/C13H16N4/c1-8-15-12-9-5-4-6-10(14)13(9)16(2)7-11(12)17(8)3/h4-6H,7,14H2,1-3H3. The third-order valence-electron chi connectivity index (χ3n) is 3.53. The van der Waals surface area contributed by atoms with Crippen molar-refractivity contribution in [3.05, 3.63) is 29.7 Å². The number of hydrogen-bond donors (Lipinski definition) is 1. The van der Waals surface area contributed by atoms with E-state index in [0.717, 1.165) is 35.0 Å². The average Bonchev–Trinajstić information content (AvgIpc) is 2.57. The largest absolute Gasteiger partial charge is 0.397 e. The summed E-state index contributed by atoms with van der Waals surface area (Å²) in [5.74, 6) is 1.04. The van der Waals surface area contributed by atoms with Crippen molar-refractivity contribution in [1.82, 2.24) is 9.55 Å². The zero-order valence-corrected chi connectivity index (χ0v) is 10.4. The van der Waals surface area contributed by atoms with Gasteiger partial charge in [0.05, 0.1) is 29.3 Å². The molecule has 1 aliphatic heterocycles. The topological polar surface area (TPSA) is 47.1 Å². The first-order valence-corrected chi connectivity index (χ1v) is 5.71. The molecule has 0 bridgehead atoms. The highest BCUT2D eigenvalue weighted by Crippen LogP contribution is 2.41. The fraction of sp³-hybridized carbons (Fsp3) is 0.308. The second-order valence-corrected chi connectivity index (χ2v) is 4.61. The van der Waals surface area contributed by atoms with Crippen LogP contribution in [0.2, 0.25) is 0 Å². The molecule has 0 radical (unpaired) electrons. The Morgan fingerprint density at radius 3 is 2.82 bits per heavy atom. The Bertz CT molecular complexity index is 598. The summed E-state index contributed by atoms with van der Waals surface area (Å²) >= 11 is 0. The minimum absolute atomic E-state index is 0.818. The maximum absolute atomic E-state index is 6.06. The highest BCUT2D eigenvalue weighted by Gasteiger charge is 2.25. The van der Waals surface area contributed by atoms with Gasteiger partial charge in [-0.05, 0) is 13.0 Å². The number of nitrogens with zero attached hydrogens (tertiary/aromatic N) is 3. The maximum atomic E-state index is 6.06. The number of nitrogens with two attached hydrogens (primary N) is 1. The molecule has 2 heterocycles. The zero-order chi connectivity index (χ0) is 12.2. The molecule has 0 saturated carbocycles. The zero-order valence-electron chi connectivity index (χ0n) is 10.4. The van der Waals surface area contributed by atoms with E-state index in [-0.39, 0.29) is 0 Å². The SMILES string of the molecule is Cc1nc2c(n1C)CN(C)c1c(N)cccc1-2. The Morgan fingerprint density at radius 1 is 1.29 bits per heavy atom. The molecule has 3 rings (SSSR count). The van der Waals surface area contributed by atoms with Crippen molar-refractivity contribution in [3.8, 4) is 11.3 Å². The normalized spacial score (nSPS) is 13.5. The molecule has 0 unspecified atom stereocenters. The Kier molecular flexibility index (Phi) is 1.96. The van der Waals surface area contributed by atoms with Gasteiger partial charge in [0.25, 0.3) is 0 Å². The number of benzene rings is 1. The number of rotatable bonds is 0. The summed E-state index contributed by atoms with van der Waals surface area (Å²) in [4.78, 5) is 6.84. The number of hydrogen-bond acceptors (Lipinski definition) is 3. The molecule has 0 amide bonds. The highest BCUT2D eigenvalue weighted by molar-refractivity contribution is 5.88. The van der Waals surface area contributed by atoms with Gasteiger partial charge in [0, 0.05) is 19.7 Å². The molecule has 4 nitrogen and oxygen atoms in total. The van der Waals surface area contributed by atoms with Crippen LogP contribution < -0.4 is 10.6 Å². The van der Waals surface area contributed by atoms with Gasteiger partial charge in [-0.3, -0.25) is 0 Å². The Labute approximate surface area is 101 Å². The van der Waals surface area contributed by atoms with E-state index in [9.17, 15) is 0 Å². The summed E-state index contributed by atoms with van der Waals surface area (Å²) in [7, 11) is 4.13. The minimum atomic E-state index is 0.818. The van der Waals surface area contributed by atoms with E-state index in [2.05, 4.69) is 34.6 Å². The van der Waals surface area contributed by atoms with Gasteiger partial charge in [-0.15, -0.1) is 0 Å². The van der Waals surface area contributed by atoms with Crippen molar-refractivity contribution in [1.29, 1.82) is 0 Å². The van der Waals surface area contributed by atoms with Crippen LogP contribution in [0.25, 0.3) is 11.3 Å². The number of aromatic nitrogens is 2. The van der Waals surface area contributed by atoms with Crippen molar-refractivity contribution < 1.29 is 0 Å². The van der Waals surface area contributed by atoms with Crippen LogP contribution in [0.5, 0.6) is 0 Å². The lowest BCUT2D eigenvalue weighted by Gasteiger charge is -2.28. The first-order chi connectivity index (χ1) is 8.09. The van der Waals surface area contributed by atoms with Crippen molar-refractivity contribution in [3.63, 3.8) is 0 Å². The quantitative estimate of drug-likeness (QED) is 0.701. The van der Waals surface area contributed by atoms with Gasteiger partial charge in [0.2, 0.25) is 0 Å². The molecule has 1 aromatic heterocycles. The van der Waals surface area contributed by atoms with E-state index in [1.807, 2.05) is 19.1 Å². The van der Waals surface area contributed by atoms with Crippen LogP contribution in [0.4, 0.5) is 11.4 Å². The van der Waals surface area contributed by atoms with Crippen LogP contribution in [0.3, 0.4) is 0 Å². The Hall–Kier alpha value is -1.97. The molecule has 1 aromatic carbocycles. The molecule has 2 aromatic rings. The molecular formula is C13H16N4. The number of para-hydroxylation sites is 1. The number of anilines is 2. The van der Waals surface area contributed by atoms with Gasteiger partial charge < -0.3 is 15.2 Å². The van der Waals surface area contributed by atoms with E-state index in [4.69, 9.17) is 5.73 Å². The second kappa shape index (κ2) is 3.26. The molecule has 0 spiro atoms. The van der Waals surface area contributed by atoms with Gasteiger partial charge in [-0.1, -0.05) is 12.1 Å². The monoisotopic (exact) mass is 228 g/mol. The van der Waals surface area contributed by atoms with E-state index in [1.165, 1.54) is 5.69 Å². The Balaban J connectivity index is 2.34. The van der Waals surface area contributed by atoms with Gasteiger partial charge in [0.15, 0.2) is 0 Å². The molecule has 2 N–H and O–H groups in total. The first-order valence-electron chi connectivity index (χ1n) is 5.71. The molecule has 0 fully saturated rings. The number of imidazole rings is 1. The van der Waals surface area contributed by atoms with Crippen molar-refractivity contribution in [2.24, 2.45) is 7.05 Å². The molecule has 1 aliphatic rings. The third kappa shape index (κ3) is 1.27. The van der Waals surface area contributed by atoms with Crippen molar-refractivity contribution in [2.45, 2.75) is 13.5 Å². The highest BCUT2D eigenvalue weighted by atomic mass is 15.2. The molecule has 0 atom stereocenters. The van der Waals surface area contributed by atoms with E-state index < -0.39 is 0 Å². The number of aryl methyl sites for hydroxylation is 1. The molecule has 17 heavy (non-hydrogen) atoms. The first kappa shape index (κ1) is 10.2. The predicted molar refractivity (Wildman–Crippen MR) is 69.9 cm³/mol. The van der Waals surface area contributed by atoms with Gasteiger partial charge in [-0.2, -0.15) is 0 Å². The lowest BCUT2D eigenvalue weighted by atomic mass is 10.0. The molecule has 88 valence electrons. The molecular weight excluding hydrogens is 212 g/mol. The van der Waals surface area contributed by atoms with Crippen molar-refractivity contribution >= 4 is 11.4 Å². The lowest BCUT2D eigenvalue weighted by Crippen LogP contribution is -2.24. The van der Waals surface area contributed by atoms with Crippen molar-refractivity contribution in [2.75, 3.05) is 17.7 Å². The number of fused-ring (bicyclic) bond motifs is 3. The van der Waals surface area contributed by atoms with Crippen LogP contribution in [0, 0.1) is 6.92 Å². The smallest absolute Gasteiger partial charge is 0.106 e. The summed E-state index contributed by atoms with van der Waals surface area (Å²) in [6.45, 7) is 2.89. The summed E-state index contributed by atoms with van der Waals surface area (Å²) in [5.41, 5.74) is 11.4. The van der Waals surface area contributed by atoms with Crippen LogP contribution in [0.1, 0.15) is 11.5 Å². The molecule has 0 aliphatic carbocycles. The summed E-state index contributed by atoms with van der Waals surface area (Å²) in [6.07, 6.45) is 0. The van der Waals surface area contributed by atoms with E-state index in [1.54, 1.807) is 0 Å². The average molecular weight is 228 g/mol. The maximum Gasteiger partial charge on any atom is 0.106 e. The summed E-state index contributed by atoms with van der Waals surface area (Å²) in [5, 5.41) is 0. The summed E-state index contributed by atoms with van der Waals surface area (Å²) in [6, 6.07) is 6.02. The van der Waals surface area contributed by atoms with E-state index in [0.29, 0.717) is 0 Å². The predicted octanol–water partition coefficient (Wildman–Crippen LogP) is 1.93. The fourth-order valence-electron chi connectivity index (χ4n) is 2.53. The molecule has 4 heteroatoms. The van der Waals surface area contributed by atoms with Gasteiger partial charge >= 0.3 is 0 Å². The third-order valence-corrected chi connectivity index (χ3v) is 3.53. The van der Waals surface area contributed by atoms with Crippen LogP contribution in [-0.4, -0.2) is 16.6 Å². The fourth-order valence-corrected chi connectivity index (χ4v) is 2.53.